The smallest absolute Gasteiger partial charge is 0.238 e. The lowest BCUT2D eigenvalue weighted by Gasteiger charge is -2.14. The van der Waals surface area contributed by atoms with E-state index in [1.54, 1.807) is 12.1 Å². The molecule has 5 nitrogen and oxygen atoms in total. The van der Waals surface area contributed by atoms with Crippen LogP contribution in [0, 0.1) is 0 Å². The van der Waals surface area contributed by atoms with Gasteiger partial charge in [0.05, 0.1) is 10.6 Å². The quantitative estimate of drug-likeness (QED) is 0.787. The molecule has 1 aliphatic rings. The highest BCUT2D eigenvalue weighted by molar-refractivity contribution is 7.93. The van der Waals surface area contributed by atoms with Gasteiger partial charge < -0.3 is 11.1 Å². The van der Waals surface area contributed by atoms with Crippen molar-refractivity contribution in [2.45, 2.75) is 36.0 Å². The molecule has 0 aliphatic heterocycles. The number of sulfone groups is 1. The van der Waals surface area contributed by atoms with Gasteiger partial charge in [0.15, 0.2) is 9.84 Å². The van der Waals surface area contributed by atoms with Crippen LogP contribution >= 0.6 is 0 Å². The molecule has 18 heavy (non-hydrogen) atoms. The Balaban J connectivity index is 2.24. The number of nitrogens with two attached hydrogens (primary N) is 1. The molecule has 1 unspecified atom stereocenters. The fraction of sp³-hybridized carbons (Fsp3) is 0.417. The summed E-state index contributed by atoms with van der Waals surface area (Å²) in [5.74, 6) is -0.458. The van der Waals surface area contributed by atoms with Gasteiger partial charge in [-0.15, -0.1) is 0 Å². The first-order chi connectivity index (χ1) is 8.43. The van der Waals surface area contributed by atoms with Crippen molar-refractivity contribution in [3.05, 3.63) is 24.3 Å². The Morgan fingerprint density at radius 2 is 2.00 bits per heavy atom. The number of nitrogens with one attached hydrogen (secondary N) is 1. The van der Waals surface area contributed by atoms with E-state index in [9.17, 15) is 13.2 Å². The molecule has 0 bridgehead atoms. The molecule has 0 aromatic heterocycles. The lowest BCUT2D eigenvalue weighted by Crippen LogP contribution is -2.39. The average molecular weight is 268 g/mol. The lowest BCUT2D eigenvalue weighted by molar-refractivity contribution is -0.120. The molecule has 1 aromatic rings. The summed E-state index contributed by atoms with van der Waals surface area (Å²) in [5, 5.41) is 1.57. The average Bonchev–Trinajstić information content (AvgIpc) is 3.12. The Bertz CT molecular complexity index is 564. The fourth-order valence-corrected chi connectivity index (χ4v) is 3.01. The van der Waals surface area contributed by atoms with Crippen molar-refractivity contribution in [3.63, 3.8) is 0 Å². The van der Waals surface area contributed by atoms with Gasteiger partial charge in [-0.25, -0.2) is 8.42 Å². The first kappa shape index (κ1) is 12.9. The fourth-order valence-electron chi connectivity index (χ4n) is 1.62. The van der Waals surface area contributed by atoms with E-state index >= 15 is 0 Å². The molecule has 1 amide bonds. The Kier molecular flexibility index (Phi) is 3.30. The summed E-state index contributed by atoms with van der Waals surface area (Å²) in [5.41, 5.74) is 5.82. The van der Waals surface area contributed by atoms with Crippen LogP contribution in [0.15, 0.2) is 29.2 Å². The van der Waals surface area contributed by atoms with E-state index in [-0.39, 0.29) is 16.6 Å². The third-order valence-corrected chi connectivity index (χ3v) is 5.11. The molecule has 0 heterocycles. The van der Waals surface area contributed by atoms with Crippen LogP contribution in [-0.4, -0.2) is 25.6 Å². The minimum absolute atomic E-state index is 0.0171. The number of anilines is 1. The molecule has 1 atom stereocenters. The van der Waals surface area contributed by atoms with E-state index in [0.29, 0.717) is 0 Å². The maximum Gasteiger partial charge on any atom is 0.238 e. The van der Waals surface area contributed by atoms with Crippen molar-refractivity contribution in [2.24, 2.45) is 0 Å². The Hall–Kier alpha value is -1.56. The summed E-state index contributed by atoms with van der Waals surface area (Å²) >= 11 is 0. The third-order valence-electron chi connectivity index (χ3n) is 2.98. The largest absolute Gasteiger partial charge is 0.398 e. The molecule has 3 N–H and O–H groups in total. The lowest BCUT2D eigenvalue weighted by atomic mass is 10.3. The second kappa shape index (κ2) is 4.61. The van der Waals surface area contributed by atoms with Crippen LogP contribution in [0.4, 0.5) is 5.69 Å². The predicted octanol–water partition coefficient (Wildman–Crippen LogP) is 0.710. The van der Waals surface area contributed by atoms with Crippen molar-refractivity contribution >= 4 is 21.4 Å². The van der Waals surface area contributed by atoms with Gasteiger partial charge >= 0.3 is 0 Å². The molecule has 98 valence electrons. The summed E-state index contributed by atoms with van der Waals surface area (Å²) in [4.78, 5) is 11.8. The number of carbonyl (C=O) groups excluding carboxylic acids is 1. The van der Waals surface area contributed by atoms with E-state index in [4.69, 9.17) is 5.73 Å². The molecular weight excluding hydrogens is 252 g/mol. The summed E-state index contributed by atoms with van der Waals surface area (Å²) in [6.07, 6.45) is 1.85. The second-order valence-corrected chi connectivity index (χ2v) is 6.74. The third kappa shape index (κ3) is 2.48. The van der Waals surface area contributed by atoms with Crippen molar-refractivity contribution in [1.82, 2.24) is 5.32 Å². The van der Waals surface area contributed by atoms with E-state index in [0.717, 1.165) is 12.8 Å². The maximum atomic E-state index is 12.3. The predicted molar refractivity (Wildman–Crippen MR) is 68.7 cm³/mol. The molecule has 6 heteroatoms. The van der Waals surface area contributed by atoms with Gasteiger partial charge in [0.2, 0.25) is 5.91 Å². The van der Waals surface area contributed by atoms with Gasteiger partial charge in [0.25, 0.3) is 0 Å². The van der Waals surface area contributed by atoms with E-state index < -0.39 is 21.0 Å². The van der Waals surface area contributed by atoms with Gasteiger partial charge in [-0.1, -0.05) is 12.1 Å². The molecule has 2 rings (SSSR count). The highest BCUT2D eigenvalue weighted by Gasteiger charge is 2.34. The van der Waals surface area contributed by atoms with Gasteiger partial charge in [-0.05, 0) is 31.9 Å². The SMILES string of the molecule is CC(C(=O)NC1CC1)S(=O)(=O)c1ccccc1N. The Labute approximate surface area is 106 Å². The van der Waals surface area contributed by atoms with E-state index in [1.165, 1.54) is 19.1 Å². The van der Waals surface area contributed by atoms with Crippen LogP contribution in [0.5, 0.6) is 0 Å². The second-order valence-electron chi connectivity index (χ2n) is 4.51. The number of carbonyl (C=O) groups is 1. The zero-order valence-corrected chi connectivity index (χ0v) is 10.9. The van der Waals surface area contributed by atoms with Crippen LogP contribution < -0.4 is 11.1 Å². The van der Waals surface area contributed by atoms with Crippen molar-refractivity contribution < 1.29 is 13.2 Å². The van der Waals surface area contributed by atoms with Gasteiger partial charge in [-0.2, -0.15) is 0 Å². The Morgan fingerprint density at radius 1 is 1.39 bits per heavy atom. The van der Waals surface area contributed by atoms with Crippen LogP contribution in [0.2, 0.25) is 0 Å². The molecule has 0 saturated heterocycles. The molecule has 0 spiro atoms. The summed E-state index contributed by atoms with van der Waals surface area (Å²) < 4.78 is 24.5. The standard InChI is InChI=1S/C12H16N2O3S/c1-8(12(15)14-9-6-7-9)18(16,17)11-5-3-2-4-10(11)13/h2-5,8-9H,6-7,13H2,1H3,(H,14,15). The summed E-state index contributed by atoms with van der Waals surface area (Å²) in [6.45, 7) is 1.39. The van der Waals surface area contributed by atoms with Gasteiger partial charge in [-0.3, -0.25) is 4.79 Å². The topological polar surface area (TPSA) is 89.3 Å². The van der Waals surface area contributed by atoms with Crippen LogP contribution in [-0.2, 0) is 14.6 Å². The number of hydrogen-bond acceptors (Lipinski definition) is 4. The van der Waals surface area contributed by atoms with Crippen molar-refractivity contribution in [2.75, 3.05) is 5.73 Å². The van der Waals surface area contributed by atoms with E-state index in [1.807, 2.05) is 0 Å². The first-order valence-corrected chi connectivity index (χ1v) is 7.36. The first-order valence-electron chi connectivity index (χ1n) is 5.81. The minimum Gasteiger partial charge on any atom is -0.398 e. The number of para-hydroxylation sites is 1. The van der Waals surface area contributed by atoms with Crippen LogP contribution in [0.3, 0.4) is 0 Å². The highest BCUT2D eigenvalue weighted by Crippen LogP contribution is 2.24. The number of rotatable bonds is 4. The molecule has 1 aliphatic carbocycles. The molecule has 1 fully saturated rings. The Morgan fingerprint density at radius 3 is 2.56 bits per heavy atom. The molecule has 0 radical (unpaired) electrons. The molecule has 1 saturated carbocycles. The van der Waals surface area contributed by atoms with Crippen LogP contribution in [0.1, 0.15) is 19.8 Å². The van der Waals surface area contributed by atoms with Crippen molar-refractivity contribution in [3.8, 4) is 0 Å². The van der Waals surface area contributed by atoms with E-state index in [2.05, 4.69) is 5.32 Å². The number of hydrogen-bond donors (Lipinski definition) is 2. The maximum absolute atomic E-state index is 12.3. The highest BCUT2D eigenvalue weighted by atomic mass is 32.2. The molecular formula is C12H16N2O3S. The normalized spacial score (nSPS) is 17.2. The summed E-state index contributed by atoms with van der Waals surface area (Å²) in [7, 11) is -3.72. The zero-order chi connectivity index (χ0) is 13.3. The van der Waals surface area contributed by atoms with Crippen LogP contribution in [0.25, 0.3) is 0 Å². The zero-order valence-electron chi connectivity index (χ0n) is 10.1. The van der Waals surface area contributed by atoms with Crippen molar-refractivity contribution in [1.29, 1.82) is 0 Å². The number of nitrogen functional groups attached to an aromatic ring is 1. The van der Waals surface area contributed by atoms with Gasteiger partial charge in [0.1, 0.15) is 5.25 Å². The number of amides is 1. The van der Waals surface area contributed by atoms with Gasteiger partial charge in [0, 0.05) is 6.04 Å². The molecule has 1 aromatic carbocycles. The number of benzene rings is 1. The minimum atomic E-state index is -3.72. The summed E-state index contributed by atoms with van der Waals surface area (Å²) in [6, 6.07) is 6.32. The monoisotopic (exact) mass is 268 g/mol.